The van der Waals surface area contributed by atoms with Crippen molar-refractivity contribution < 1.29 is 9.59 Å². The number of carbonyl (C=O) groups is 2. The van der Waals surface area contributed by atoms with Crippen LogP contribution in [0.15, 0.2) is 46.9 Å². The van der Waals surface area contributed by atoms with Gasteiger partial charge in [-0.05, 0) is 36.4 Å². The van der Waals surface area contributed by atoms with E-state index in [0.717, 1.165) is 4.47 Å². The van der Waals surface area contributed by atoms with E-state index in [2.05, 4.69) is 26.6 Å². The molecule has 4 nitrogen and oxygen atoms in total. The lowest BCUT2D eigenvalue weighted by atomic mass is 10.1. The molecule has 0 atom stereocenters. The van der Waals surface area contributed by atoms with Crippen molar-refractivity contribution in [3.8, 4) is 0 Å². The Balaban J connectivity index is 2.15. The van der Waals surface area contributed by atoms with Gasteiger partial charge in [-0.3, -0.25) is 9.59 Å². The molecular weight excluding hydrogens is 380 g/mol. The van der Waals surface area contributed by atoms with Gasteiger partial charge in [0.2, 0.25) is 5.91 Å². The van der Waals surface area contributed by atoms with Gasteiger partial charge in [0.1, 0.15) is 0 Å². The molecule has 0 radical (unpaired) electrons. The third-order valence-corrected chi connectivity index (χ3v) is 3.90. The van der Waals surface area contributed by atoms with Gasteiger partial charge in [0, 0.05) is 21.6 Å². The highest BCUT2D eigenvalue weighted by Gasteiger charge is 2.11. The standard InChI is InChI=1S/C17H16BrClN2O2/c1-10(2)16(22)20-13-5-3-4-11(8-13)17(23)21-15-7-6-12(18)9-14(15)19/h3-10H,1-2H3,(H,20,22)(H,21,23). The van der Waals surface area contributed by atoms with E-state index in [0.29, 0.717) is 22.0 Å². The van der Waals surface area contributed by atoms with Gasteiger partial charge in [0.15, 0.2) is 0 Å². The van der Waals surface area contributed by atoms with Crippen LogP contribution in [-0.4, -0.2) is 11.8 Å². The number of halogens is 2. The molecule has 2 aromatic carbocycles. The summed E-state index contributed by atoms with van der Waals surface area (Å²) in [6.45, 7) is 3.61. The highest BCUT2D eigenvalue weighted by atomic mass is 79.9. The molecule has 6 heteroatoms. The van der Waals surface area contributed by atoms with Gasteiger partial charge in [-0.2, -0.15) is 0 Å². The summed E-state index contributed by atoms with van der Waals surface area (Å²) in [6, 6.07) is 12.0. The molecule has 0 aliphatic heterocycles. The Hall–Kier alpha value is -1.85. The SMILES string of the molecule is CC(C)C(=O)Nc1cccc(C(=O)Nc2ccc(Br)cc2Cl)c1. The Kier molecular flexibility index (Phi) is 5.80. The van der Waals surface area contributed by atoms with E-state index in [1.807, 2.05) is 0 Å². The molecule has 0 aliphatic rings. The van der Waals surface area contributed by atoms with Crippen LogP contribution in [0.5, 0.6) is 0 Å². The molecule has 0 fully saturated rings. The first-order chi connectivity index (χ1) is 10.9. The maximum Gasteiger partial charge on any atom is 0.255 e. The van der Waals surface area contributed by atoms with Gasteiger partial charge in [-0.25, -0.2) is 0 Å². The number of carbonyl (C=O) groups excluding carboxylic acids is 2. The Labute approximate surface area is 148 Å². The largest absolute Gasteiger partial charge is 0.326 e. The maximum absolute atomic E-state index is 12.3. The number of rotatable bonds is 4. The Morgan fingerprint density at radius 3 is 2.48 bits per heavy atom. The third kappa shape index (κ3) is 4.81. The van der Waals surface area contributed by atoms with E-state index in [1.54, 1.807) is 56.3 Å². The fourth-order valence-electron chi connectivity index (χ4n) is 1.81. The minimum Gasteiger partial charge on any atom is -0.326 e. The molecule has 120 valence electrons. The Bertz CT molecular complexity index is 747. The van der Waals surface area contributed by atoms with Crippen molar-refractivity contribution in [3.63, 3.8) is 0 Å². The van der Waals surface area contributed by atoms with Gasteiger partial charge < -0.3 is 10.6 Å². The normalized spacial score (nSPS) is 10.5. The third-order valence-electron chi connectivity index (χ3n) is 3.10. The molecular formula is C17H16BrClN2O2. The molecule has 0 aromatic heterocycles. The van der Waals surface area contributed by atoms with Gasteiger partial charge in [-0.1, -0.05) is 47.4 Å². The van der Waals surface area contributed by atoms with Gasteiger partial charge >= 0.3 is 0 Å². The van der Waals surface area contributed by atoms with Crippen molar-refractivity contribution in [2.75, 3.05) is 10.6 Å². The summed E-state index contributed by atoms with van der Waals surface area (Å²) < 4.78 is 0.832. The van der Waals surface area contributed by atoms with Crippen LogP contribution in [0, 0.1) is 5.92 Å². The van der Waals surface area contributed by atoms with Gasteiger partial charge in [0.25, 0.3) is 5.91 Å². The summed E-state index contributed by atoms with van der Waals surface area (Å²) in [5, 5.41) is 5.96. The number of hydrogen-bond donors (Lipinski definition) is 2. The molecule has 0 heterocycles. The molecule has 2 rings (SSSR count). The summed E-state index contributed by atoms with van der Waals surface area (Å²) in [7, 11) is 0. The first-order valence-electron chi connectivity index (χ1n) is 7.04. The number of anilines is 2. The highest BCUT2D eigenvalue weighted by molar-refractivity contribution is 9.10. The zero-order valence-electron chi connectivity index (χ0n) is 12.7. The summed E-state index contributed by atoms with van der Waals surface area (Å²) in [5.74, 6) is -0.526. The van der Waals surface area contributed by atoms with Crippen molar-refractivity contribution in [3.05, 3.63) is 57.5 Å². The van der Waals surface area contributed by atoms with Crippen LogP contribution < -0.4 is 10.6 Å². The second kappa shape index (κ2) is 7.62. The Morgan fingerprint density at radius 1 is 1.09 bits per heavy atom. The summed E-state index contributed by atoms with van der Waals surface area (Å²) in [5.41, 5.74) is 1.54. The number of amides is 2. The lowest BCUT2D eigenvalue weighted by Gasteiger charge is -2.10. The molecule has 0 bridgehead atoms. The fourth-order valence-corrected chi connectivity index (χ4v) is 2.53. The van der Waals surface area contributed by atoms with Crippen molar-refractivity contribution in [1.29, 1.82) is 0 Å². The predicted octanol–water partition coefficient (Wildman–Crippen LogP) is 4.95. The summed E-state index contributed by atoms with van der Waals surface area (Å²) >= 11 is 9.41. The quantitative estimate of drug-likeness (QED) is 0.769. The topological polar surface area (TPSA) is 58.2 Å². The first kappa shape index (κ1) is 17.5. The molecule has 23 heavy (non-hydrogen) atoms. The molecule has 0 unspecified atom stereocenters. The minimum atomic E-state index is -0.296. The van der Waals surface area contributed by atoms with Crippen LogP contribution >= 0.6 is 27.5 Å². The zero-order valence-corrected chi connectivity index (χ0v) is 15.0. The molecule has 0 saturated heterocycles. The minimum absolute atomic E-state index is 0.0986. The number of benzene rings is 2. The molecule has 2 aromatic rings. The lowest BCUT2D eigenvalue weighted by Crippen LogP contribution is -2.18. The van der Waals surface area contributed by atoms with Gasteiger partial charge in [0.05, 0.1) is 10.7 Å². The maximum atomic E-state index is 12.3. The zero-order chi connectivity index (χ0) is 17.0. The monoisotopic (exact) mass is 394 g/mol. The summed E-state index contributed by atoms with van der Waals surface area (Å²) in [4.78, 5) is 24.1. The van der Waals surface area contributed by atoms with Crippen LogP contribution in [0.4, 0.5) is 11.4 Å². The van der Waals surface area contributed by atoms with E-state index < -0.39 is 0 Å². The van der Waals surface area contributed by atoms with Crippen LogP contribution in [0.25, 0.3) is 0 Å². The van der Waals surface area contributed by atoms with Crippen LogP contribution in [-0.2, 0) is 4.79 Å². The van der Waals surface area contributed by atoms with Crippen LogP contribution in [0.1, 0.15) is 24.2 Å². The summed E-state index contributed by atoms with van der Waals surface area (Å²) in [6.07, 6.45) is 0. The van der Waals surface area contributed by atoms with E-state index in [1.165, 1.54) is 0 Å². The fraction of sp³-hybridized carbons (Fsp3) is 0.176. The molecule has 0 spiro atoms. The second-order valence-corrected chi connectivity index (χ2v) is 6.63. The first-order valence-corrected chi connectivity index (χ1v) is 8.21. The van der Waals surface area contributed by atoms with Crippen molar-refractivity contribution in [2.24, 2.45) is 5.92 Å². The predicted molar refractivity (Wildman–Crippen MR) is 97.0 cm³/mol. The van der Waals surface area contributed by atoms with E-state index in [-0.39, 0.29) is 17.7 Å². The molecule has 0 aliphatic carbocycles. The second-order valence-electron chi connectivity index (χ2n) is 5.30. The molecule has 2 N–H and O–H groups in total. The Morgan fingerprint density at radius 2 is 1.83 bits per heavy atom. The van der Waals surface area contributed by atoms with Crippen molar-refractivity contribution in [2.45, 2.75) is 13.8 Å². The van der Waals surface area contributed by atoms with E-state index in [9.17, 15) is 9.59 Å². The van der Waals surface area contributed by atoms with Crippen molar-refractivity contribution in [1.82, 2.24) is 0 Å². The average molecular weight is 396 g/mol. The van der Waals surface area contributed by atoms with Crippen LogP contribution in [0.3, 0.4) is 0 Å². The van der Waals surface area contributed by atoms with Gasteiger partial charge in [-0.15, -0.1) is 0 Å². The lowest BCUT2D eigenvalue weighted by molar-refractivity contribution is -0.118. The molecule has 2 amide bonds. The van der Waals surface area contributed by atoms with E-state index >= 15 is 0 Å². The van der Waals surface area contributed by atoms with Crippen LogP contribution in [0.2, 0.25) is 5.02 Å². The highest BCUT2D eigenvalue weighted by Crippen LogP contribution is 2.26. The van der Waals surface area contributed by atoms with Crippen molar-refractivity contribution >= 4 is 50.7 Å². The molecule has 0 saturated carbocycles. The average Bonchev–Trinajstić information content (AvgIpc) is 2.50. The number of nitrogens with one attached hydrogen (secondary N) is 2. The smallest absolute Gasteiger partial charge is 0.255 e. The van der Waals surface area contributed by atoms with E-state index in [4.69, 9.17) is 11.6 Å². The number of hydrogen-bond acceptors (Lipinski definition) is 2.